The van der Waals surface area contributed by atoms with Crippen LogP contribution < -0.4 is 10.9 Å². The molecule has 0 aliphatic carbocycles. The van der Waals surface area contributed by atoms with Crippen LogP contribution >= 0.6 is 11.8 Å². The molecule has 0 saturated carbocycles. The normalized spacial score (nSPS) is 11.9. The van der Waals surface area contributed by atoms with E-state index in [1.807, 2.05) is 37.3 Å². The van der Waals surface area contributed by atoms with Gasteiger partial charge in [0, 0.05) is 24.6 Å². The van der Waals surface area contributed by atoms with Crippen LogP contribution in [0.3, 0.4) is 0 Å². The Morgan fingerprint density at radius 3 is 2.71 bits per heavy atom. The van der Waals surface area contributed by atoms with Crippen molar-refractivity contribution in [1.82, 2.24) is 10.3 Å². The Morgan fingerprint density at radius 1 is 1.24 bits per heavy atom. The first kappa shape index (κ1) is 15.4. The zero-order chi connectivity index (χ0) is 15.1. The molecule has 110 valence electrons. The molecule has 1 unspecified atom stereocenters. The highest BCUT2D eigenvalue weighted by molar-refractivity contribution is 7.99. The summed E-state index contributed by atoms with van der Waals surface area (Å²) < 4.78 is 0. The summed E-state index contributed by atoms with van der Waals surface area (Å²) in [6.07, 6.45) is 1.58. The molecule has 0 radical (unpaired) electrons. The lowest BCUT2D eigenvalue weighted by molar-refractivity contribution is -0.120. The summed E-state index contributed by atoms with van der Waals surface area (Å²) in [6.45, 7) is 2.26. The zero-order valence-corrected chi connectivity index (χ0v) is 12.7. The zero-order valence-electron chi connectivity index (χ0n) is 11.8. The Morgan fingerprint density at radius 2 is 2.00 bits per heavy atom. The molecule has 1 aromatic carbocycles. The van der Waals surface area contributed by atoms with Crippen LogP contribution in [0.5, 0.6) is 0 Å². The van der Waals surface area contributed by atoms with Crippen LogP contribution in [0.4, 0.5) is 0 Å². The molecule has 4 nitrogen and oxygen atoms in total. The minimum absolute atomic E-state index is 0.0174. The lowest BCUT2D eigenvalue weighted by Crippen LogP contribution is -2.30. The number of amides is 1. The number of hydrogen-bond donors (Lipinski definition) is 2. The average molecular weight is 302 g/mol. The number of H-pyrrole nitrogens is 1. The summed E-state index contributed by atoms with van der Waals surface area (Å²) in [7, 11) is 0. The first-order valence-electron chi connectivity index (χ1n) is 6.76. The monoisotopic (exact) mass is 302 g/mol. The van der Waals surface area contributed by atoms with E-state index in [0.29, 0.717) is 6.54 Å². The van der Waals surface area contributed by atoms with E-state index in [2.05, 4.69) is 10.3 Å². The highest BCUT2D eigenvalue weighted by atomic mass is 32.2. The average Bonchev–Trinajstić information content (AvgIpc) is 2.51. The topological polar surface area (TPSA) is 62.0 Å². The first-order chi connectivity index (χ1) is 10.1. The summed E-state index contributed by atoms with van der Waals surface area (Å²) in [4.78, 5) is 25.7. The molecule has 0 aliphatic rings. The van der Waals surface area contributed by atoms with Gasteiger partial charge >= 0.3 is 0 Å². The number of aromatic nitrogens is 1. The molecule has 0 saturated heterocycles. The van der Waals surface area contributed by atoms with E-state index >= 15 is 0 Å². The molecule has 1 amide bonds. The van der Waals surface area contributed by atoms with Gasteiger partial charge in [-0.3, -0.25) is 9.59 Å². The number of nitrogens with one attached hydrogen (secondary N) is 2. The van der Waals surface area contributed by atoms with Crippen molar-refractivity contribution >= 4 is 17.7 Å². The fourth-order valence-electron chi connectivity index (χ4n) is 1.80. The van der Waals surface area contributed by atoms with E-state index in [9.17, 15) is 9.59 Å². The molecule has 2 aromatic rings. The molecule has 0 fully saturated rings. The second-order valence-corrected chi connectivity index (χ2v) is 6.05. The van der Waals surface area contributed by atoms with Gasteiger partial charge < -0.3 is 10.3 Å². The van der Waals surface area contributed by atoms with Gasteiger partial charge in [-0.15, -0.1) is 11.8 Å². The Kier molecular flexibility index (Phi) is 5.63. The minimum atomic E-state index is -0.159. The van der Waals surface area contributed by atoms with Crippen molar-refractivity contribution in [2.75, 3.05) is 0 Å². The lowest BCUT2D eigenvalue weighted by Gasteiger charge is -2.12. The van der Waals surface area contributed by atoms with Crippen molar-refractivity contribution in [3.05, 3.63) is 70.1 Å². The van der Waals surface area contributed by atoms with Gasteiger partial charge in [0.1, 0.15) is 0 Å². The molecule has 0 spiro atoms. The van der Waals surface area contributed by atoms with Gasteiger partial charge in [0.05, 0.1) is 5.25 Å². The number of benzene rings is 1. The van der Waals surface area contributed by atoms with E-state index in [1.165, 1.54) is 11.6 Å². The highest BCUT2D eigenvalue weighted by Gasteiger charge is 2.12. The van der Waals surface area contributed by atoms with Crippen molar-refractivity contribution in [2.45, 2.75) is 24.5 Å². The largest absolute Gasteiger partial charge is 0.351 e. The van der Waals surface area contributed by atoms with Crippen LogP contribution in [0.25, 0.3) is 0 Å². The summed E-state index contributed by atoms with van der Waals surface area (Å²) in [5.74, 6) is 0.789. The third-order valence-electron chi connectivity index (χ3n) is 3.02. The van der Waals surface area contributed by atoms with Gasteiger partial charge in [-0.05, 0) is 24.1 Å². The predicted octanol–water partition coefficient (Wildman–Crippen LogP) is 2.31. The van der Waals surface area contributed by atoms with Crippen LogP contribution in [-0.4, -0.2) is 16.1 Å². The smallest absolute Gasteiger partial charge is 0.248 e. The second kappa shape index (κ2) is 7.69. The summed E-state index contributed by atoms with van der Waals surface area (Å²) in [5.41, 5.74) is 1.84. The lowest BCUT2D eigenvalue weighted by atomic mass is 10.2. The molecular formula is C16H18N2O2S. The molecule has 1 aromatic heterocycles. The standard InChI is InChI=1S/C16H18N2O2S/c1-12(21-11-13-5-3-2-4-6-13)16(20)18-10-14-7-8-17-15(19)9-14/h2-9,12H,10-11H2,1H3,(H,17,19)(H,18,20). The molecule has 21 heavy (non-hydrogen) atoms. The molecule has 5 heteroatoms. The SMILES string of the molecule is CC(SCc1ccccc1)C(=O)NCc1cc[nH]c(=O)c1. The maximum Gasteiger partial charge on any atom is 0.248 e. The molecule has 1 atom stereocenters. The van der Waals surface area contributed by atoms with Crippen LogP contribution in [0.2, 0.25) is 0 Å². The maximum absolute atomic E-state index is 12.0. The van der Waals surface area contributed by atoms with E-state index in [4.69, 9.17) is 0 Å². The van der Waals surface area contributed by atoms with Crippen LogP contribution in [-0.2, 0) is 17.1 Å². The van der Waals surface area contributed by atoms with Crippen molar-refractivity contribution in [1.29, 1.82) is 0 Å². The Bertz CT molecular complexity index is 640. The summed E-state index contributed by atoms with van der Waals surface area (Å²) in [6, 6.07) is 13.3. The first-order valence-corrected chi connectivity index (χ1v) is 7.81. The van der Waals surface area contributed by atoms with E-state index in [0.717, 1.165) is 11.3 Å². The minimum Gasteiger partial charge on any atom is -0.351 e. The van der Waals surface area contributed by atoms with Crippen molar-refractivity contribution in [3.63, 3.8) is 0 Å². The van der Waals surface area contributed by atoms with Gasteiger partial charge in [-0.25, -0.2) is 0 Å². The highest BCUT2D eigenvalue weighted by Crippen LogP contribution is 2.17. The summed E-state index contributed by atoms with van der Waals surface area (Å²) >= 11 is 1.60. The van der Waals surface area contributed by atoms with E-state index < -0.39 is 0 Å². The van der Waals surface area contributed by atoms with Gasteiger partial charge in [-0.2, -0.15) is 0 Å². The second-order valence-electron chi connectivity index (χ2n) is 4.72. The van der Waals surface area contributed by atoms with Gasteiger partial charge in [-0.1, -0.05) is 30.3 Å². The Balaban J connectivity index is 1.78. The Labute approximate surface area is 128 Å². The molecule has 0 aliphatic heterocycles. The van der Waals surface area contributed by atoms with Gasteiger partial charge in [0.25, 0.3) is 0 Å². The molecule has 2 N–H and O–H groups in total. The van der Waals surface area contributed by atoms with Crippen LogP contribution in [0.1, 0.15) is 18.1 Å². The summed E-state index contributed by atoms with van der Waals surface area (Å²) in [5, 5.41) is 2.72. The number of aromatic amines is 1. The number of hydrogen-bond acceptors (Lipinski definition) is 3. The van der Waals surface area contributed by atoms with E-state index in [1.54, 1.807) is 24.0 Å². The molecular weight excluding hydrogens is 284 g/mol. The Hall–Kier alpha value is -2.01. The van der Waals surface area contributed by atoms with Crippen molar-refractivity contribution in [2.24, 2.45) is 0 Å². The van der Waals surface area contributed by atoms with Crippen LogP contribution in [0.15, 0.2) is 53.5 Å². The van der Waals surface area contributed by atoms with Crippen LogP contribution in [0, 0.1) is 0 Å². The number of carbonyl (C=O) groups excluding carboxylic acids is 1. The van der Waals surface area contributed by atoms with Crippen molar-refractivity contribution < 1.29 is 4.79 Å². The third kappa shape index (κ3) is 5.11. The number of rotatable bonds is 6. The number of carbonyl (C=O) groups is 1. The number of thioether (sulfide) groups is 1. The quantitative estimate of drug-likeness (QED) is 0.861. The predicted molar refractivity (Wildman–Crippen MR) is 86.1 cm³/mol. The fourth-order valence-corrected chi connectivity index (χ4v) is 2.67. The fraction of sp³-hybridized carbons (Fsp3) is 0.250. The van der Waals surface area contributed by atoms with Gasteiger partial charge in [0.15, 0.2) is 0 Å². The molecule has 2 rings (SSSR count). The van der Waals surface area contributed by atoms with Crippen molar-refractivity contribution in [3.8, 4) is 0 Å². The molecule has 0 bridgehead atoms. The maximum atomic E-state index is 12.0. The molecule has 1 heterocycles. The third-order valence-corrected chi connectivity index (χ3v) is 4.23. The number of pyridine rings is 1. The van der Waals surface area contributed by atoms with Gasteiger partial charge in [0.2, 0.25) is 11.5 Å². The van der Waals surface area contributed by atoms with E-state index in [-0.39, 0.29) is 16.7 Å².